The number of likely N-dealkylation sites (N-methyl/N-ethyl adjacent to an activating group) is 1. The van der Waals surface area contributed by atoms with Crippen molar-refractivity contribution < 1.29 is 4.79 Å². The van der Waals surface area contributed by atoms with Gasteiger partial charge in [-0.3, -0.25) is 4.79 Å². The van der Waals surface area contributed by atoms with Crippen molar-refractivity contribution >= 4 is 5.91 Å². The lowest BCUT2D eigenvalue weighted by Gasteiger charge is -2.10. The first-order valence-corrected chi connectivity index (χ1v) is 6.12. The molecule has 0 saturated carbocycles. The smallest absolute Gasteiger partial charge is 0.236 e. The number of rotatable bonds is 5. The van der Waals surface area contributed by atoms with Crippen LogP contribution >= 0.6 is 0 Å². The Balaban J connectivity index is 1.97. The highest BCUT2D eigenvalue weighted by Crippen LogP contribution is 2.04. The van der Waals surface area contributed by atoms with Crippen molar-refractivity contribution in [2.75, 3.05) is 7.05 Å². The van der Waals surface area contributed by atoms with Crippen LogP contribution in [0.3, 0.4) is 0 Å². The van der Waals surface area contributed by atoms with Crippen LogP contribution in [-0.4, -0.2) is 34.0 Å². The van der Waals surface area contributed by atoms with Crippen LogP contribution < -0.4 is 10.6 Å². The lowest BCUT2D eigenvalue weighted by Crippen LogP contribution is -2.40. The SMILES string of the molecule is CNC(=O)C(C)NCc1cnn(-c2ccccc2)n1. The van der Waals surface area contributed by atoms with Gasteiger partial charge < -0.3 is 10.6 Å². The largest absolute Gasteiger partial charge is 0.358 e. The minimum atomic E-state index is -0.258. The first-order chi connectivity index (χ1) is 9.20. The molecular weight excluding hydrogens is 242 g/mol. The summed E-state index contributed by atoms with van der Waals surface area (Å²) in [6.07, 6.45) is 1.69. The number of benzene rings is 1. The van der Waals surface area contributed by atoms with E-state index >= 15 is 0 Å². The maximum atomic E-state index is 11.3. The Morgan fingerprint density at radius 3 is 2.79 bits per heavy atom. The van der Waals surface area contributed by atoms with Crippen LogP contribution in [0.25, 0.3) is 5.69 Å². The normalized spacial score (nSPS) is 12.1. The Morgan fingerprint density at radius 1 is 1.37 bits per heavy atom. The number of amides is 1. The molecule has 1 atom stereocenters. The second kappa shape index (κ2) is 6.10. The molecule has 0 aliphatic carbocycles. The van der Waals surface area contributed by atoms with E-state index < -0.39 is 0 Å². The molecule has 0 radical (unpaired) electrons. The van der Waals surface area contributed by atoms with Gasteiger partial charge in [-0.2, -0.15) is 15.0 Å². The Hall–Kier alpha value is -2.21. The fourth-order valence-corrected chi connectivity index (χ4v) is 1.63. The summed E-state index contributed by atoms with van der Waals surface area (Å²) < 4.78 is 0. The van der Waals surface area contributed by atoms with Gasteiger partial charge in [0.25, 0.3) is 0 Å². The zero-order valence-corrected chi connectivity index (χ0v) is 11.0. The van der Waals surface area contributed by atoms with E-state index in [9.17, 15) is 4.79 Å². The van der Waals surface area contributed by atoms with Crippen LogP contribution in [0.4, 0.5) is 0 Å². The average molecular weight is 259 g/mol. The predicted octanol–water partition coefficient (Wildman–Crippen LogP) is 0.491. The van der Waals surface area contributed by atoms with Crippen molar-refractivity contribution in [1.29, 1.82) is 0 Å². The molecule has 1 heterocycles. The van der Waals surface area contributed by atoms with Gasteiger partial charge in [-0.25, -0.2) is 0 Å². The molecule has 0 aliphatic rings. The van der Waals surface area contributed by atoms with Gasteiger partial charge in [0, 0.05) is 13.6 Å². The van der Waals surface area contributed by atoms with Crippen molar-refractivity contribution in [3.8, 4) is 5.69 Å². The lowest BCUT2D eigenvalue weighted by atomic mass is 10.3. The molecule has 0 bridgehead atoms. The van der Waals surface area contributed by atoms with Gasteiger partial charge in [0.15, 0.2) is 0 Å². The fraction of sp³-hybridized carbons (Fsp3) is 0.308. The van der Waals surface area contributed by atoms with E-state index in [1.54, 1.807) is 25.0 Å². The minimum Gasteiger partial charge on any atom is -0.358 e. The van der Waals surface area contributed by atoms with E-state index in [4.69, 9.17) is 0 Å². The molecule has 6 nitrogen and oxygen atoms in total. The summed E-state index contributed by atoms with van der Waals surface area (Å²) in [7, 11) is 1.62. The number of para-hydroxylation sites is 1. The zero-order chi connectivity index (χ0) is 13.7. The molecule has 100 valence electrons. The van der Waals surface area contributed by atoms with E-state index in [0.29, 0.717) is 6.54 Å². The average Bonchev–Trinajstić information content (AvgIpc) is 2.93. The summed E-state index contributed by atoms with van der Waals surface area (Å²) in [4.78, 5) is 12.9. The van der Waals surface area contributed by atoms with Gasteiger partial charge in [-0.05, 0) is 19.1 Å². The Kier molecular flexibility index (Phi) is 4.25. The number of carbonyl (C=O) groups excluding carboxylic acids is 1. The Labute approximate surface area is 111 Å². The molecule has 0 saturated heterocycles. The maximum Gasteiger partial charge on any atom is 0.236 e. The van der Waals surface area contributed by atoms with Gasteiger partial charge in [0.1, 0.15) is 0 Å². The molecule has 1 amide bonds. The van der Waals surface area contributed by atoms with E-state index in [1.807, 2.05) is 30.3 Å². The Morgan fingerprint density at radius 2 is 2.11 bits per heavy atom. The third kappa shape index (κ3) is 3.38. The van der Waals surface area contributed by atoms with Crippen molar-refractivity contribution in [3.05, 3.63) is 42.2 Å². The monoisotopic (exact) mass is 259 g/mol. The molecule has 6 heteroatoms. The molecule has 1 aromatic heterocycles. The summed E-state index contributed by atoms with van der Waals surface area (Å²) in [5.74, 6) is -0.0459. The molecular formula is C13H17N5O. The molecule has 2 aromatic rings. The molecule has 0 spiro atoms. The van der Waals surface area contributed by atoms with Crippen LogP contribution in [0.15, 0.2) is 36.5 Å². The van der Waals surface area contributed by atoms with Crippen molar-refractivity contribution in [2.24, 2.45) is 0 Å². The first kappa shape index (κ1) is 13.2. The quantitative estimate of drug-likeness (QED) is 0.820. The summed E-state index contributed by atoms with van der Waals surface area (Å²) in [5.41, 5.74) is 1.70. The third-order valence-corrected chi connectivity index (χ3v) is 2.76. The Bertz CT molecular complexity index is 537. The third-order valence-electron chi connectivity index (χ3n) is 2.76. The maximum absolute atomic E-state index is 11.3. The fourth-order valence-electron chi connectivity index (χ4n) is 1.63. The van der Waals surface area contributed by atoms with Gasteiger partial charge in [0.2, 0.25) is 5.91 Å². The van der Waals surface area contributed by atoms with E-state index in [2.05, 4.69) is 20.8 Å². The second-order valence-electron chi connectivity index (χ2n) is 4.18. The highest BCUT2D eigenvalue weighted by atomic mass is 16.2. The summed E-state index contributed by atoms with van der Waals surface area (Å²) >= 11 is 0. The standard InChI is InChI=1S/C13H17N5O/c1-10(13(19)14-2)15-8-11-9-16-18(17-11)12-6-4-3-5-7-12/h3-7,9-10,15H,8H2,1-2H3,(H,14,19). The van der Waals surface area contributed by atoms with Crippen LogP contribution in [0, 0.1) is 0 Å². The number of hydrogen-bond acceptors (Lipinski definition) is 4. The van der Waals surface area contributed by atoms with Crippen molar-refractivity contribution in [1.82, 2.24) is 25.6 Å². The number of aromatic nitrogens is 3. The van der Waals surface area contributed by atoms with Crippen LogP contribution in [0.2, 0.25) is 0 Å². The van der Waals surface area contributed by atoms with Crippen LogP contribution in [-0.2, 0) is 11.3 Å². The molecule has 2 rings (SSSR count). The first-order valence-electron chi connectivity index (χ1n) is 6.12. The van der Waals surface area contributed by atoms with E-state index in [0.717, 1.165) is 11.4 Å². The summed E-state index contributed by atoms with van der Waals surface area (Å²) in [5, 5.41) is 14.2. The number of carbonyl (C=O) groups is 1. The predicted molar refractivity (Wildman–Crippen MR) is 71.7 cm³/mol. The highest BCUT2D eigenvalue weighted by Gasteiger charge is 2.10. The number of nitrogens with one attached hydrogen (secondary N) is 2. The molecule has 1 unspecified atom stereocenters. The molecule has 1 aromatic carbocycles. The molecule has 19 heavy (non-hydrogen) atoms. The van der Waals surface area contributed by atoms with Gasteiger partial charge in [0.05, 0.1) is 23.6 Å². The number of nitrogens with zero attached hydrogens (tertiary/aromatic N) is 3. The minimum absolute atomic E-state index is 0.0459. The highest BCUT2D eigenvalue weighted by molar-refractivity contribution is 5.80. The summed E-state index contributed by atoms with van der Waals surface area (Å²) in [6, 6.07) is 9.43. The molecule has 0 aliphatic heterocycles. The van der Waals surface area contributed by atoms with Crippen molar-refractivity contribution in [3.63, 3.8) is 0 Å². The molecule has 0 fully saturated rings. The summed E-state index contributed by atoms with van der Waals surface area (Å²) in [6.45, 7) is 2.31. The van der Waals surface area contributed by atoms with E-state index in [-0.39, 0.29) is 11.9 Å². The lowest BCUT2D eigenvalue weighted by molar-refractivity contribution is -0.122. The van der Waals surface area contributed by atoms with Gasteiger partial charge >= 0.3 is 0 Å². The second-order valence-corrected chi connectivity index (χ2v) is 4.18. The molecule has 2 N–H and O–H groups in total. The van der Waals surface area contributed by atoms with Crippen molar-refractivity contribution in [2.45, 2.75) is 19.5 Å². The van der Waals surface area contributed by atoms with Gasteiger partial charge in [-0.15, -0.1) is 0 Å². The number of hydrogen-bond donors (Lipinski definition) is 2. The van der Waals surface area contributed by atoms with Gasteiger partial charge in [-0.1, -0.05) is 18.2 Å². The van der Waals surface area contributed by atoms with E-state index in [1.165, 1.54) is 0 Å². The zero-order valence-electron chi connectivity index (χ0n) is 11.0. The van der Waals surface area contributed by atoms with Crippen LogP contribution in [0.1, 0.15) is 12.6 Å². The van der Waals surface area contributed by atoms with Crippen LogP contribution in [0.5, 0.6) is 0 Å². The topological polar surface area (TPSA) is 71.8 Å².